The second-order valence-electron chi connectivity index (χ2n) is 6.96. The van der Waals surface area contributed by atoms with Crippen LogP contribution in [0.15, 0.2) is 24.3 Å². The molecule has 1 amide bonds. The minimum Gasteiger partial charge on any atom is -0.444 e. The normalized spacial score (nSPS) is 18.8. The second-order valence-corrected chi connectivity index (χ2v) is 7.40. The lowest BCUT2D eigenvalue weighted by Gasteiger charge is -2.36. The summed E-state index contributed by atoms with van der Waals surface area (Å²) in [6.45, 7) is 7.46. The van der Waals surface area contributed by atoms with Crippen LogP contribution >= 0.6 is 11.6 Å². The van der Waals surface area contributed by atoms with Crippen molar-refractivity contribution < 1.29 is 14.3 Å². The van der Waals surface area contributed by atoms with Crippen LogP contribution in [0.25, 0.3) is 0 Å². The molecule has 1 fully saturated rings. The maximum atomic E-state index is 12.3. The van der Waals surface area contributed by atoms with Gasteiger partial charge in [-0.2, -0.15) is 0 Å². The standard InChI is InChI=1S/C18H26ClNO3/c1-18(2,3)23-17(21)20-11-5-4-6-16(20)13-22-12-14-7-9-15(19)10-8-14/h7-10,16H,4-6,11-13H2,1-3H3. The van der Waals surface area contributed by atoms with Gasteiger partial charge in [0.2, 0.25) is 0 Å². The number of amides is 1. The third-order valence-electron chi connectivity index (χ3n) is 3.75. The van der Waals surface area contributed by atoms with E-state index in [1.165, 1.54) is 0 Å². The molecule has 1 aliphatic heterocycles. The lowest BCUT2D eigenvalue weighted by atomic mass is 10.0. The van der Waals surface area contributed by atoms with Crippen LogP contribution in [-0.2, 0) is 16.1 Å². The molecule has 0 radical (unpaired) electrons. The number of nitrogens with zero attached hydrogens (tertiary/aromatic N) is 1. The smallest absolute Gasteiger partial charge is 0.410 e. The van der Waals surface area contributed by atoms with Crippen molar-refractivity contribution in [1.29, 1.82) is 0 Å². The van der Waals surface area contributed by atoms with Crippen LogP contribution in [0.2, 0.25) is 5.02 Å². The average molecular weight is 340 g/mol. The molecular weight excluding hydrogens is 314 g/mol. The SMILES string of the molecule is CC(C)(C)OC(=O)N1CCCCC1COCc1ccc(Cl)cc1. The lowest BCUT2D eigenvalue weighted by molar-refractivity contribution is -0.00997. The molecule has 1 saturated heterocycles. The first-order valence-corrected chi connectivity index (χ1v) is 8.55. The topological polar surface area (TPSA) is 38.8 Å². The summed E-state index contributed by atoms with van der Waals surface area (Å²) in [6, 6.07) is 7.71. The van der Waals surface area contributed by atoms with Crippen LogP contribution in [-0.4, -0.2) is 35.8 Å². The summed E-state index contributed by atoms with van der Waals surface area (Å²) in [5.74, 6) is 0. The van der Waals surface area contributed by atoms with E-state index < -0.39 is 5.60 Å². The van der Waals surface area contributed by atoms with Gasteiger partial charge >= 0.3 is 6.09 Å². The first-order valence-electron chi connectivity index (χ1n) is 8.17. The molecule has 0 N–H and O–H groups in total. The number of rotatable bonds is 4. The summed E-state index contributed by atoms with van der Waals surface area (Å²) < 4.78 is 11.3. The van der Waals surface area contributed by atoms with E-state index in [1.807, 2.05) is 49.9 Å². The zero-order valence-corrected chi connectivity index (χ0v) is 14.9. The van der Waals surface area contributed by atoms with Crippen LogP contribution in [0.1, 0.15) is 45.6 Å². The number of likely N-dealkylation sites (tertiary alicyclic amines) is 1. The van der Waals surface area contributed by atoms with Crippen LogP contribution in [0.3, 0.4) is 0 Å². The number of hydrogen-bond acceptors (Lipinski definition) is 3. The zero-order chi connectivity index (χ0) is 16.9. The predicted molar refractivity (Wildman–Crippen MR) is 91.7 cm³/mol. The van der Waals surface area contributed by atoms with Crippen LogP contribution in [0.4, 0.5) is 4.79 Å². The van der Waals surface area contributed by atoms with E-state index in [0.29, 0.717) is 13.2 Å². The van der Waals surface area contributed by atoms with Gasteiger partial charge in [-0.25, -0.2) is 4.79 Å². The van der Waals surface area contributed by atoms with Gasteiger partial charge < -0.3 is 14.4 Å². The largest absolute Gasteiger partial charge is 0.444 e. The number of halogens is 1. The monoisotopic (exact) mass is 339 g/mol. The van der Waals surface area contributed by atoms with Gasteiger partial charge in [0.05, 0.1) is 19.3 Å². The number of piperidine rings is 1. The summed E-state index contributed by atoms with van der Waals surface area (Å²) in [5, 5.41) is 0.720. The molecule has 0 aromatic heterocycles. The van der Waals surface area contributed by atoms with Gasteiger partial charge in [0.1, 0.15) is 5.60 Å². The fourth-order valence-electron chi connectivity index (χ4n) is 2.63. The summed E-state index contributed by atoms with van der Waals surface area (Å²) in [7, 11) is 0. The number of carbonyl (C=O) groups excluding carboxylic acids is 1. The molecule has 1 aromatic rings. The molecule has 1 atom stereocenters. The summed E-state index contributed by atoms with van der Waals surface area (Å²) in [6.07, 6.45) is 2.86. The Morgan fingerprint density at radius 1 is 1.26 bits per heavy atom. The Labute approximate surface area is 143 Å². The Kier molecular flexibility index (Phi) is 6.31. The van der Waals surface area contributed by atoms with Crippen molar-refractivity contribution in [3.8, 4) is 0 Å². The van der Waals surface area contributed by atoms with Gasteiger partial charge in [0, 0.05) is 11.6 Å². The minimum absolute atomic E-state index is 0.0888. The van der Waals surface area contributed by atoms with E-state index in [4.69, 9.17) is 21.1 Å². The first kappa shape index (κ1) is 18.1. The van der Waals surface area contributed by atoms with Crippen molar-refractivity contribution in [2.24, 2.45) is 0 Å². The van der Waals surface area contributed by atoms with E-state index in [9.17, 15) is 4.79 Å². The molecule has 2 rings (SSSR count). The molecule has 0 bridgehead atoms. The maximum Gasteiger partial charge on any atom is 0.410 e. The summed E-state index contributed by atoms with van der Waals surface area (Å²) >= 11 is 5.88. The van der Waals surface area contributed by atoms with Crippen LogP contribution < -0.4 is 0 Å². The molecule has 4 nitrogen and oxygen atoms in total. The molecule has 0 aliphatic carbocycles. The highest BCUT2D eigenvalue weighted by Crippen LogP contribution is 2.21. The Morgan fingerprint density at radius 2 is 1.96 bits per heavy atom. The molecule has 0 saturated carbocycles. The minimum atomic E-state index is -0.469. The van der Waals surface area contributed by atoms with Crippen molar-refractivity contribution in [3.05, 3.63) is 34.9 Å². The molecule has 5 heteroatoms. The number of benzene rings is 1. The fourth-order valence-corrected chi connectivity index (χ4v) is 2.75. The third kappa shape index (κ3) is 6.04. The Bertz CT molecular complexity index is 510. The highest BCUT2D eigenvalue weighted by Gasteiger charge is 2.30. The van der Waals surface area contributed by atoms with E-state index in [2.05, 4.69) is 0 Å². The molecule has 1 unspecified atom stereocenters. The molecule has 128 valence electrons. The quantitative estimate of drug-likeness (QED) is 0.801. The second kappa shape index (κ2) is 8.02. The van der Waals surface area contributed by atoms with Crippen molar-refractivity contribution in [2.45, 2.75) is 58.3 Å². The zero-order valence-electron chi connectivity index (χ0n) is 14.2. The van der Waals surface area contributed by atoms with Crippen molar-refractivity contribution in [3.63, 3.8) is 0 Å². The van der Waals surface area contributed by atoms with Gasteiger partial charge in [-0.05, 0) is 57.7 Å². The van der Waals surface area contributed by atoms with Gasteiger partial charge in [0.15, 0.2) is 0 Å². The van der Waals surface area contributed by atoms with Crippen molar-refractivity contribution in [1.82, 2.24) is 4.90 Å². The summed E-state index contributed by atoms with van der Waals surface area (Å²) in [4.78, 5) is 14.1. The Balaban J connectivity index is 1.86. The van der Waals surface area contributed by atoms with E-state index >= 15 is 0 Å². The Hall–Kier alpha value is -1.26. The van der Waals surface area contributed by atoms with Gasteiger partial charge in [-0.1, -0.05) is 23.7 Å². The fraction of sp³-hybridized carbons (Fsp3) is 0.611. The maximum absolute atomic E-state index is 12.3. The highest BCUT2D eigenvalue weighted by molar-refractivity contribution is 6.30. The van der Waals surface area contributed by atoms with Crippen LogP contribution in [0, 0.1) is 0 Å². The Morgan fingerprint density at radius 3 is 2.61 bits per heavy atom. The van der Waals surface area contributed by atoms with Gasteiger partial charge in [0.25, 0.3) is 0 Å². The summed E-state index contributed by atoms with van der Waals surface area (Å²) in [5.41, 5.74) is 0.609. The van der Waals surface area contributed by atoms with E-state index in [0.717, 1.165) is 36.4 Å². The van der Waals surface area contributed by atoms with Crippen LogP contribution in [0.5, 0.6) is 0 Å². The predicted octanol–water partition coefficient (Wildman–Crippen LogP) is 4.65. The molecular formula is C18H26ClNO3. The molecule has 0 spiro atoms. The van der Waals surface area contributed by atoms with Crippen molar-refractivity contribution >= 4 is 17.7 Å². The third-order valence-corrected chi connectivity index (χ3v) is 4.00. The molecule has 23 heavy (non-hydrogen) atoms. The van der Waals surface area contributed by atoms with Gasteiger partial charge in [-0.3, -0.25) is 0 Å². The van der Waals surface area contributed by atoms with E-state index in [-0.39, 0.29) is 12.1 Å². The molecule has 1 aromatic carbocycles. The number of carbonyl (C=O) groups is 1. The average Bonchev–Trinajstić information content (AvgIpc) is 2.48. The van der Waals surface area contributed by atoms with Gasteiger partial charge in [-0.15, -0.1) is 0 Å². The number of ether oxygens (including phenoxy) is 2. The molecule has 1 heterocycles. The lowest BCUT2D eigenvalue weighted by Crippen LogP contribution is -2.48. The highest BCUT2D eigenvalue weighted by atomic mass is 35.5. The number of hydrogen-bond donors (Lipinski definition) is 0. The van der Waals surface area contributed by atoms with Crippen molar-refractivity contribution in [2.75, 3.05) is 13.2 Å². The van der Waals surface area contributed by atoms with E-state index in [1.54, 1.807) is 0 Å². The first-order chi connectivity index (χ1) is 10.8. The molecule has 1 aliphatic rings.